The van der Waals surface area contributed by atoms with Crippen molar-refractivity contribution in [2.75, 3.05) is 0 Å². The lowest BCUT2D eigenvalue weighted by Crippen LogP contribution is -2.25. The van der Waals surface area contributed by atoms with Crippen molar-refractivity contribution in [3.05, 3.63) is 0 Å². The van der Waals surface area contributed by atoms with E-state index < -0.39 is 13.6 Å². The van der Waals surface area contributed by atoms with Gasteiger partial charge in [-0.15, -0.1) is 0 Å². The van der Waals surface area contributed by atoms with E-state index in [2.05, 4.69) is 6.92 Å². The van der Waals surface area contributed by atoms with Gasteiger partial charge in [0.1, 0.15) is 0 Å². The molecule has 0 bridgehead atoms. The van der Waals surface area contributed by atoms with Crippen LogP contribution in [-0.4, -0.2) is 19.7 Å². The van der Waals surface area contributed by atoms with Gasteiger partial charge in [0.05, 0.1) is 0 Å². The van der Waals surface area contributed by atoms with Gasteiger partial charge in [0.25, 0.3) is 0 Å². The monoisotopic (exact) mass is 162 g/mol. The van der Waals surface area contributed by atoms with Crippen LogP contribution in [0.25, 0.3) is 0 Å². The molecular formula is C6H12AlClO. The van der Waals surface area contributed by atoms with Crippen molar-refractivity contribution in [2.24, 2.45) is 0 Å². The van der Waals surface area contributed by atoms with Gasteiger partial charge in [0.2, 0.25) is 0 Å². The van der Waals surface area contributed by atoms with Crippen LogP contribution in [0, 0.1) is 0 Å². The van der Waals surface area contributed by atoms with E-state index in [1.54, 1.807) is 0 Å². The first-order valence-corrected chi connectivity index (χ1v) is 6.66. The van der Waals surface area contributed by atoms with Crippen molar-refractivity contribution in [1.29, 1.82) is 0 Å². The Bertz CT molecular complexity index is 89.1. The van der Waals surface area contributed by atoms with Crippen LogP contribution in [0.1, 0.15) is 26.2 Å². The predicted octanol–water partition coefficient (Wildman–Crippen LogP) is 2.30. The fraction of sp³-hybridized carbons (Fsp3) is 1.00. The second-order valence-electron chi connectivity index (χ2n) is 2.51. The second-order valence-corrected chi connectivity index (χ2v) is 5.64. The van der Waals surface area contributed by atoms with Crippen LogP contribution >= 0.6 is 10.0 Å². The summed E-state index contributed by atoms with van der Waals surface area (Å²) in [5.41, 5.74) is 0. The molecule has 1 aliphatic heterocycles. The van der Waals surface area contributed by atoms with Gasteiger partial charge in [-0.05, 0) is 12.8 Å². The van der Waals surface area contributed by atoms with Crippen LogP contribution in [0.2, 0.25) is 5.28 Å². The molecule has 0 aliphatic carbocycles. The predicted molar refractivity (Wildman–Crippen MR) is 40.8 cm³/mol. The highest BCUT2D eigenvalue weighted by Crippen LogP contribution is 2.20. The Labute approximate surface area is 65.3 Å². The highest BCUT2D eigenvalue weighted by molar-refractivity contribution is 7.03. The average Bonchev–Trinajstić information content (AvgIpc) is 1.88. The van der Waals surface area contributed by atoms with Crippen molar-refractivity contribution in [1.82, 2.24) is 0 Å². The third kappa shape index (κ3) is 2.47. The third-order valence-electron chi connectivity index (χ3n) is 1.75. The largest absolute Gasteiger partial charge is 0.591 e. The molecule has 0 spiro atoms. The van der Waals surface area contributed by atoms with Crippen molar-refractivity contribution >= 4 is 23.6 Å². The van der Waals surface area contributed by atoms with Gasteiger partial charge in [0.15, 0.2) is 0 Å². The topological polar surface area (TPSA) is 9.23 Å². The van der Waals surface area contributed by atoms with Crippen LogP contribution in [-0.2, 0) is 3.79 Å². The lowest BCUT2D eigenvalue weighted by atomic mass is 10.2. The molecule has 0 amide bonds. The lowest BCUT2D eigenvalue weighted by Gasteiger charge is -2.23. The van der Waals surface area contributed by atoms with E-state index in [1.807, 2.05) is 0 Å². The van der Waals surface area contributed by atoms with Gasteiger partial charge < -0.3 is 3.79 Å². The van der Waals surface area contributed by atoms with Crippen molar-refractivity contribution < 1.29 is 3.79 Å². The van der Waals surface area contributed by atoms with Gasteiger partial charge in [0, 0.05) is 6.10 Å². The number of hydrogen-bond acceptors (Lipinski definition) is 1. The molecule has 1 rings (SSSR count). The molecule has 1 heterocycles. The third-order valence-corrected chi connectivity index (χ3v) is 4.26. The molecule has 0 aromatic rings. The number of rotatable bonds is 1. The maximum absolute atomic E-state index is 5.91. The van der Waals surface area contributed by atoms with Crippen LogP contribution in [0.5, 0.6) is 0 Å². The summed E-state index contributed by atoms with van der Waals surface area (Å²) in [6.45, 7) is 2.16. The van der Waals surface area contributed by atoms with E-state index in [-0.39, 0.29) is 0 Å². The SMILES string of the molecule is CCC1CC[CH2][Al]([Cl])[O]1. The molecule has 52 valence electrons. The Balaban J connectivity index is 2.23. The molecule has 1 nitrogen and oxygen atoms in total. The highest BCUT2D eigenvalue weighted by Gasteiger charge is 2.26. The molecule has 0 N–H and O–H groups in total. The Morgan fingerprint density at radius 2 is 2.56 bits per heavy atom. The lowest BCUT2D eigenvalue weighted by molar-refractivity contribution is 0.174. The molecular weight excluding hydrogens is 150 g/mol. The van der Waals surface area contributed by atoms with E-state index in [9.17, 15) is 0 Å². The Morgan fingerprint density at radius 3 is 3.00 bits per heavy atom. The zero-order valence-corrected chi connectivity index (χ0v) is 7.68. The number of hydrogen-bond donors (Lipinski definition) is 0. The molecule has 0 saturated carbocycles. The average molecular weight is 163 g/mol. The Morgan fingerprint density at radius 1 is 1.78 bits per heavy atom. The van der Waals surface area contributed by atoms with Crippen molar-refractivity contribution in [3.8, 4) is 0 Å². The van der Waals surface area contributed by atoms with E-state index in [0.29, 0.717) is 6.10 Å². The van der Waals surface area contributed by atoms with Crippen molar-refractivity contribution in [2.45, 2.75) is 37.6 Å². The van der Waals surface area contributed by atoms with Crippen LogP contribution < -0.4 is 0 Å². The van der Waals surface area contributed by atoms with Gasteiger partial charge >= 0.3 is 13.6 Å². The first kappa shape index (κ1) is 7.88. The summed E-state index contributed by atoms with van der Waals surface area (Å²) in [5.74, 6) is 0. The summed E-state index contributed by atoms with van der Waals surface area (Å²) in [4.78, 5) is 0. The minimum Gasteiger partial charge on any atom is -0.486 e. The first-order valence-electron chi connectivity index (χ1n) is 3.62. The van der Waals surface area contributed by atoms with Gasteiger partial charge in [-0.1, -0.05) is 18.6 Å². The summed E-state index contributed by atoms with van der Waals surface area (Å²) in [5, 5.41) is 1.16. The molecule has 0 aromatic heterocycles. The van der Waals surface area contributed by atoms with Gasteiger partial charge in [-0.2, -0.15) is 0 Å². The normalized spacial score (nSPS) is 28.7. The molecule has 3 heteroatoms. The number of halogens is 1. The van der Waals surface area contributed by atoms with Crippen LogP contribution in [0.3, 0.4) is 0 Å². The molecule has 1 aliphatic rings. The Kier molecular flexibility index (Phi) is 3.36. The van der Waals surface area contributed by atoms with Gasteiger partial charge in [-0.3, -0.25) is 0 Å². The van der Waals surface area contributed by atoms with E-state index in [0.717, 1.165) is 11.7 Å². The minimum atomic E-state index is -1.20. The fourth-order valence-electron chi connectivity index (χ4n) is 1.15. The molecule has 1 unspecified atom stereocenters. The fourth-order valence-corrected chi connectivity index (χ4v) is 3.49. The van der Waals surface area contributed by atoms with E-state index in [4.69, 9.17) is 13.8 Å². The summed E-state index contributed by atoms with van der Waals surface area (Å²) in [6, 6.07) is 0. The van der Waals surface area contributed by atoms with Crippen molar-refractivity contribution in [3.63, 3.8) is 0 Å². The van der Waals surface area contributed by atoms with Crippen LogP contribution in [0.4, 0.5) is 0 Å². The maximum atomic E-state index is 5.91. The summed E-state index contributed by atoms with van der Waals surface area (Å²) < 4.78 is 5.54. The molecule has 0 aromatic carbocycles. The smallest absolute Gasteiger partial charge is 0.486 e. The molecule has 9 heavy (non-hydrogen) atoms. The zero-order chi connectivity index (χ0) is 6.69. The summed E-state index contributed by atoms with van der Waals surface area (Å²) in [7, 11) is 5.91. The molecule has 0 radical (unpaired) electrons. The minimum absolute atomic E-state index is 0.493. The Hall–Kier alpha value is 0.782. The molecule has 1 saturated heterocycles. The van der Waals surface area contributed by atoms with Gasteiger partial charge in [-0.25, -0.2) is 10.0 Å². The van der Waals surface area contributed by atoms with E-state index in [1.165, 1.54) is 12.8 Å². The van der Waals surface area contributed by atoms with Crippen LogP contribution in [0.15, 0.2) is 0 Å². The first-order chi connectivity index (χ1) is 4.33. The summed E-state index contributed by atoms with van der Waals surface area (Å²) >= 11 is -1.20. The van der Waals surface area contributed by atoms with E-state index >= 15 is 0 Å². The maximum Gasteiger partial charge on any atom is 0.591 e. The standard InChI is InChI=1S/C6H12O.Al.ClH/c1-3-5-6(7)4-2;;/h6H,1,3-5H2,2H3;;1H/q-1;+2;/p-1. The highest BCUT2D eigenvalue weighted by atomic mass is 35.6. The molecule has 1 atom stereocenters. The zero-order valence-electron chi connectivity index (χ0n) is 5.77. The molecule has 1 fully saturated rings. The summed E-state index contributed by atoms with van der Waals surface area (Å²) in [6.07, 6.45) is 4.15. The quantitative estimate of drug-likeness (QED) is 0.538. The second kappa shape index (κ2) is 3.83.